The van der Waals surface area contributed by atoms with Crippen LogP contribution in [0.15, 0.2) is 30.3 Å². The van der Waals surface area contributed by atoms with Gasteiger partial charge in [-0.1, -0.05) is 30.3 Å². The Hall–Kier alpha value is -2.51. The number of aliphatic hydroxyl groups excluding tert-OH is 1. The van der Waals surface area contributed by atoms with Crippen LogP contribution in [0.5, 0.6) is 0 Å². The number of amides is 1. The van der Waals surface area contributed by atoms with Crippen LogP contribution >= 0.6 is 0 Å². The van der Waals surface area contributed by atoms with Crippen molar-refractivity contribution in [2.45, 2.75) is 50.0 Å². The summed E-state index contributed by atoms with van der Waals surface area (Å²) in [4.78, 5) is 26.1. The van der Waals surface area contributed by atoms with Gasteiger partial charge < -0.3 is 15.7 Å². The molecule has 7 nitrogen and oxygen atoms in total. The Bertz CT molecular complexity index is 948. The second kappa shape index (κ2) is 8.20. The van der Waals surface area contributed by atoms with Gasteiger partial charge in [-0.2, -0.15) is 0 Å². The molecule has 164 valence electrons. The van der Waals surface area contributed by atoms with Crippen LogP contribution < -0.4 is 10.6 Å². The van der Waals surface area contributed by atoms with Crippen LogP contribution in [-0.4, -0.2) is 64.7 Å². The number of rotatable bonds is 4. The van der Waals surface area contributed by atoms with Crippen molar-refractivity contribution in [2.24, 2.45) is 5.73 Å². The number of fused-ring (bicyclic) bond motifs is 2. The van der Waals surface area contributed by atoms with E-state index in [1.54, 1.807) is 0 Å². The summed E-state index contributed by atoms with van der Waals surface area (Å²) in [5.41, 5.74) is 9.01. The molecule has 3 N–H and O–H groups in total. The molecule has 1 spiro atoms. The number of aliphatic hydroxyl groups is 1. The first kappa shape index (κ1) is 20.4. The summed E-state index contributed by atoms with van der Waals surface area (Å²) in [6.07, 6.45) is 5.44. The van der Waals surface area contributed by atoms with Crippen LogP contribution in [0.25, 0.3) is 11.4 Å². The molecule has 1 aromatic heterocycles. The lowest BCUT2D eigenvalue weighted by Crippen LogP contribution is -2.45. The minimum absolute atomic E-state index is 0.0556. The minimum atomic E-state index is -0.258. The lowest BCUT2D eigenvalue weighted by atomic mass is 9.76. The summed E-state index contributed by atoms with van der Waals surface area (Å²) in [6.45, 7) is 3.75. The zero-order chi connectivity index (χ0) is 21.4. The normalized spacial score (nSPS) is 21.4. The predicted octanol–water partition coefficient (Wildman–Crippen LogP) is 1.87. The van der Waals surface area contributed by atoms with Crippen molar-refractivity contribution in [3.8, 4) is 11.4 Å². The number of primary amides is 1. The van der Waals surface area contributed by atoms with Gasteiger partial charge >= 0.3 is 0 Å². The molecule has 5 rings (SSSR count). The molecule has 3 aliphatic rings. The zero-order valence-electron chi connectivity index (χ0n) is 18.0. The fourth-order valence-corrected chi connectivity index (χ4v) is 5.53. The van der Waals surface area contributed by atoms with Gasteiger partial charge in [-0.3, -0.25) is 9.69 Å². The number of likely N-dealkylation sites (tertiary alicyclic amines) is 1. The number of nitrogens with two attached hydrogens (primary N) is 1. The topological polar surface area (TPSA) is 95.6 Å². The van der Waals surface area contributed by atoms with E-state index in [4.69, 9.17) is 15.7 Å². The van der Waals surface area contributed by atoms with E-state index < -0.39 is 0 Å². The van der Waals surface area contributed by atoms with Gasteiger partial charge in [0.25, 0.3) is 0 Å². The van der Waals surface area contributed by atoms with Crippen LogP contribution in [0, 0.1) is 0 Å². The van der Waals surface area contributed by atoms with E-state index >= 15 is 0 Å². The SMILES string of the molecule is NC(=O)CN1CCC2(CCc3c(N4CCC(O)CC4)nc(-c4ccccc4)nc32)CC1. The second-order valence-corrected chi connectivity index (χ2v) is 9.31. The number of hydrogen-bond acceptors (Lipinski definition) is 6. The molecular weight excluding hydrogens is 390 g/mol. The Labute approximate surface area is 183 Å². The van der Waals surface area contributed by atoms with Crippen molar-refractivity contribution in [1.29, 1.82) is 0 Å². The van der Waals surface area contributed by atoms with Gasteiger partial charge in [0.1, 0.15) is 5.82 Å². The van der Waals surface area contributed by atoms with Gasteiger partial charge in [-0.05, 0) is 51.6 Å². The van der Waals surface area contributed by atoms with E-state index in [2.05, 4.69) is 21.9 Å². The molecule has 1 amide bonds. The summed E-state index contributed by atoms with van der Waals surface area (Å²) in [5.74, 6) is 1.60. The molecule has 3 heterocycles. The van der Waals surface area contributed by atoms with Crippen LogP contribution in [0.2, 0.25) is 0 Å². The highest BCUT2D eigenvalue weighted by Gasteiger charge is 2.45. The van der Waals surface area contributed by atoms with Crippen LogP contribution in [0.4, 0.5) is 5.82 Å². The van der Waals surface area contributed by atoms with Crippen molar-refractivity contribution < 1.29 is 9.90 Å². The van der Waals surface area contributed by atoms with E-state index in [9.17, 15) is 9.90 Å². The standard InChI is InChI=1S/C24H31N5O2/c25-20(31)16-28-14-10-24(11-15-28)9-6-19-21(24)26-22(17-4-2-1-3-5-17)27-23(19)29-12-7-18(30)8-13-29/h1-5,18,30H,6-16H2,(H2,25,31). The van der Waals surface area contributed by atoms with E-state index in [-0.39, 0.29) is 17.4 Å². The molecule has 2 aliphatic heterocycles. The largest absolute Gasteiger partial charge is 0.393 e. The van der Waals surface area contributed by atoms with Crippen LogP contribution in [0.3, 0.4) is 0 Å². The number of anilines is 1. The van der Waals surface area contributed by atoms with E-state index in [1.165, 1.54) is 11.3 Å². The molecule has 2 aromatic rings. The first-order valence-electron chi connectivity index (χ1n) is 11.4. The highest BCUT2D eigenvalue weighted by molar-refractivity contribution is 5.76. The summed E-state index contributed by atoms with van der Waals surface area (Å²) in [7, 11) is 0. The molecule has 0 unspecified atom stereocenters. The van der Waals surface area contributed by atoms with Crippen molar-refractivity contribution in [2.75, 3.05) is 37.6 Å². The highest BCUT2D eigenvalue weighted by atomic mass is 16.3. The lowest BCUT2D eigenvalue weighted by Gasteiger charge is -2.39. The van der Waals surface area contributed by atoms with Gasteiger partial charge in [0, 0.05) is 29.6 Å². The first-order chi connectivity index (χ1) is 15.0. The van der Waals surface area contributed by atoms with Gasteiger partial charge in [0.2, 0.25) is 5.91 Å². The fourth-order valence-electron chi connectivity index (χ4n) is 5.53. The number of carbonyl (C=O) groups excluding carboxylic acids is 1. The summed E-state index contributed by atoms with van der Waals surface area (Å²) in [5, 5.41) is 9.99. The van der Waals surface area contributed by atoms with E-state index in [0.717, 1.165) is 81.9 Å². The molecule has 1 aromatic carbocycles. The predicted molar refractivity (Wildman–Crippen MR) is 120 cm³/mol. The van der Waals surface area contributed by atoms with Gasteiger partial charge in [0.05, 0.1) is 18.3 Å². The van der Waals surface area contributed by atoms with Gasteiger partial charge in [-0.25, -0.2) is 9.97 Å². The Balaban J connectivity index is 1.52. The maximum absolute atomic E-state index is 11.4. The smallest absolute Gasteiger partial charge is 0.231 e. The lowest BCUT2D eigenvalue weighted by molar-refractivity contribution is -0.119. The Kier molecular flexibility index (Phi) is 5.40. The number of aromatic nitrogens is 2. The fraction of sp³-hybridized carbons (Fsp3) is 0.542. The number of hydrogen-bond donors (Lipinski definition) is 2. The summed E-state index contributed by atoms with van der Waals surface area (Å²) in [6, 6.07) is 10.2. The minimum Gasteiger partial charge on any atom is -0.393 e. The number of piperidine rings is 2. The molecule has 7 heteroatoms. The van der Waals surface area contributed by atoms with Crippen molar-refractivity contribution in [1.82, 2.24) is 14.9 Å². The third-order valence-electron chi connectivity index (χ3n) is 7.33. The molecule has 2 saturated heterocycles. The molecule has 0 saturated carbocycles. The maximum Gasteiger partial charge on any atom is 0.231 e. The Morgan fingerprint density at radius 3 is 2.45 bits per heavy atom. The molecule has 0 bridgehead atoms. The number of benzene rings is 1. The monoisotopic (exact) mass is 421 g/mol. The number of carbonyl (C=O) groups is 1. The average molecular weight is 422 g/mol. The molecular formula is C24H31N5O2. The molecule has 1 aliphatic carbocycles. The quantitative estimate of drug-likeness (QED) is 0.783. The van der Waals surface area contributed by atoms with E-state index in [1.807, 2.05) is 18.2 Å². The summed E-state index contributed by atoms with van der Waals surface area (Å²) >= 11 is 0. The highest BCUT2D eigenvalue weighted by Crippen LogP contribution is 2.48. The van der Waals surface area contributed by atoms with Crippen molar-refractivity contribution >= 4 is 11.7 Å². The van der Waals surface area contributed by atoms with Crippen LogP contribution in [-0.2, 0) is 16.6 Å². The molecule has 0 atom stereocenters. The maximum atomic E-state index is 11.4. The average Bonchev–Trinajstić information content (AvgIpc) is 3.14. The van der Waals surface area contributed by atoms with Crippen molar-refractivity contribution in [3.63, 3.8) is 0 Å². The second-order valence-electron chi connectivity index (χ2n) is 9.31. The summed E-state index contributed by atoms with van der Waals surface area (Å²) < 4.78 is 0. The third-order valence-corrected chi connectivity index (χ3v) is 7.33. The third kappa shape index (κ3) is 3.92. The van der Waals surface area contributed by atoms with Gasteiger partial charge in [0.15, 0.2) is 5.82 Å². The Morgan fingerprint density at radius 2 is 1.77 bits per heavy atom. The molecule has 2 fully saturated rings. The Morgan fingerprint density at radius 1 is 1.06 bits per heavy atom. The van der Waals surface area contributed by atoms with E-state index in [0.29, 0.717) is 6.54 Å². The van der Waals surface area contributed by atoms with Gasteiger partial charge in [-0.15, -0.1) is 0 Å². The molecule has 31 heavy (non-hydrogen) atoms. The number of nitrogens with zero attached hydrogens (tertiary/aromatic N) is 4. The van der Waals surface area contributed by atoms with Crippen LogP contribution in [0.1, 0.15) is 43.4 Å². The zero-order valence-corrected chi connectivity index (χ0v) is 18.0. The molecule has 0 radical (unpaired) electrons. The first-order valence-corrected chi connectivity index (χ1v) is 11.4. The van der Waals surface area contributed by atoms with Crippen molar-refractivity contribution in [3.05, 3.63) is 41.6 Å².